The van der Waals surface area contributed by atoms with E-state index in [-0.39, 0.29) is 23.2 Å². The number of nitrogens with one attached hydrogen (secondary N) is 1. The number of carbonyl (C=O) groups is 2. The summed E-state index contributed by atoms with van der Waals surface area (Å²) < 4.78 is 42.8. The summed E-state index contributed by atoms with van der Waals surface area (Å²) in [5.74, 6) is -1.90. The van der Waals surface area contributed by atoms with Gasteiger partial charge in [-0.1, -0.05) is 54.1 Å². The first-order valence-electron chi connectivity index (χ1n) is 11.7. The van der Waals surface area contributed by atoms with Crippen molar-refractivity contribution in [3.8, 4) is 0 Å². The van der Waals surface area contributed by atoms with E-state index < -0.39 is 40.2 Å². The second-order valence-corrected chi connectivity index (χ2v) is 11.1. The number of hydrogen-bond donors (Lipinski definition) is 1. The van der Waals surface area contributed by atoms with E-state index in [4.69, 9.17) is 11.6 Å². The largest absolute Gasteiger partial charge is 0.352 e. The van der Waals surface area contributed by atoms with Crippen molar-refractivity contribution in [1.29, 1.82) is 0 Å². The lowest BCUT2D eigenvalue weighted by atomic mass is 10.1. The monoisotopic (exact) mass is 545 g/mol. The van der Waals surface area contributed by atoms with Crippen molar-refractivity contribution >= 4 is 39.1 Å². The van der Waals surface area contributed by atoms with Gasteiger partial charge in [0.05, 0.1) is 10.6 Å². The van der Waals surface area contributed by atoms with Crippen molar-refractivity contribution in [3.05, 3.63) is 95.3 Å². The van der Waals surface area contributed by atoms with Gasteiger partial charge in [-0.25, -0.2) is 12.8 Å². The van der Waals surface area contributed by atoms with Crippen LogP contribution in [0.1, 0.15) is 26.3 Å². The van der Waals surface area contributed by atoms with E-state index in [1.54, 1.807) is 51.1 Å². The van der Waals surface area contributed by atoms with Crippen LogP contribution in [0.3, 0.4) is 0 Å². The molecular formula is C27H29ClFN3O4S. The number of nitrogens with zero attached hydrogens (tertiary/aromatic N) is 2. The van der Waals surface area contributed by atoms with Crippen LogP contribution in [0, 0.1) is 5.82 Å². The Labute approximate surface area is 221 Å². The highest BCUT2D eigenvalue weighted by atomic mass is 35.5. The molecule has 2 amide bonds. The summed E-state index contributed by atoms with van der Waals surface area (Å²) in [7, 11) is -4.33. The van der Waals surface area contributed by atoms with E-state index in [1.807, 2.05) is 0 Å². The molecule has 0 aromatic heterocycles. The van der Waals surface area contributed by atoms with Crippen LogP contribution in [-0.4, -0.2) is 43.8 Å². The van der Waals surface area contributed by atoms with Crippen LogP contribution < -0.4 is 9.62 Å². The Balaban J connectivity index is 2.03. The lowest BCUT2D eigenvalue weighted by Gasteiger charge is -2.32. The van der Waals surface area contributed by atoms with Crippen molar-refractivity contribution in [2.45, 2.75) is 44.3 Å². The van der Waals surface area contributed by atoms with Crippen molar-refractivity contribution in [2.75, 3.05) is 10.8 Å². The van der Waals surface area contributed by atoms with E-state index in [0.717, 1.165) is 10.4 Å². The molecule has 7 nitrogen and oxygen atoms in total. The molecule has 0 aliphatic carbocycles. The summed E-state index contributed by atoms with van der Waals surface area (Å²) in [5, 5.41) is 3.22. The first kappa shape index (κ1) is 28.1. The van der Waals surface area contributed by atoms with Gasteiger partial charge in [-0.15, -0.1) is 0 Å². The van der Waals surface area contributed by atoms with E-state index in [2.05, 4.69) is 5.32 Å². The highest BCUT2D eigenvalue weighted by Crippen LogP contribution is 2.27. The Morgan fingerprint density at radius 2 is 1.59 bits per heavy atom. The molecular weight excluding hydrogens is 517 g/mol. The molecule has 10 heteroatoms. The average molecular weight is 546 g/mol. The SMILES string of the molecule is CC(C)NC(=O)C(C)N(Cc1cccc(Cl)c1)C(=O)CN(c1ccccc1F)S(=O)(=O)c1ccccc1. The maximum Gasteiger partial charge on any atom is 0.264 e. The van der Waals surface area contributed by atoms with Crippen LogP contribution in [0.5, 0.6) is 0 Å². The molecule has 1 N–H and O–H groups in total. The lowest BCUT2D eigenvalue weighted by molar-refractivity contribution is -0.139. The molecule has 0 bridgehead atoms. The summed E-state index contributed by atoms with van der Waals surface area (Å²) in [6.45, 7) is 4.40. The summed E-state index contributed by atoms with van der Waals surface area (Å²) in [4.78, 5) is 27.7. The molecule has 196 valence electrons. The predicted molar refractivity (Wildman–Crippen MR) is 142 cm³/mol. The number of rotatable bonds is 10. The van der Waals surface area contributed by atoms with Gasteiger partial charge < -0.3 is 10.2 Å². The minimum atomic E-state index is -4.33. The number of sulfonamides is 1. The summed E-state index contributed by atoms with van der Waals surface area (Å²) in [6.07, 6.45) is 0. The van der Waals surface area contributed by atoms with Gasteiger partial charge in [0, 0.05) is 17.6 Å². The minimum absolute atomic E-state index is 0.0113. The van der Waals surface area contributed by atoms with Crippen LogP contribution in [0.4, 0.5) is 10.1 Å². The van der Waals surface area contributed by atoms with Crippen molar-refractivity contribution in [1.82, 2.24) is 10.2 Å². The maximum absolute atomic E-state index is 14.8. The minimum Gasteiger partial charge on any atom is -0.352 e. The third kappa shape index (κ3) is 7.08. The zero-order valence-corrected chi connectivity index (χ0v) is 22.3. The molecule has 0 spiro atoms. The molecule has 0 saturated heterocycles. The van der Waals surface area contributed by atoms with Crippen LogP contribution >= 0.6 is 11.6 Å². The van der Waals surface area contributed by atoms with Gasteiger partial charge >= 0.3 is 0 Å². The lowest BCUT2D eigenvalue weighted by Crippen LogP contribution is -2.52. The molecule has 1 atom stereocenters. The predicted octanol–water partition coefficient (Wildman–Crippen LogP) is 4.62. The summed E-state index contributed by atoms with van der Waals surface area (Å²) >= 11 is 6.12. The molecule has 0 radical (unpaired) electrons. The number of benzene rings is 3. The van der Waals surface area contributed by atoms with Gasteiger partial charge in [0.15, 0.2) is 0 Å². The highest BCUT2D eigenvalue weighted by molar-refractivity contribution is 7.92. The van der Waals surface area contributed by atoms with Gasteiger partial charge in [-0.05, 0) is 62.7 Å². The van der Waals surface area contributed by atoms with Crippen molar-refractivity contribution in [3.63, 3.8) is 0 Å². The van der Waals surface area contributed by atoms with Gasteiger partial charge in [-0.2, -0.15) is 0 Å². The van der Waals surface area contributed by atoms with E-state index in [9.17, 15) is 22.4 Å². The van der Waals surface area contributed by atoms with E-state index >= 15 is 0 Å². The number of hydrogen-bond acceptors (Lipinski definition) is 4. The topological polar surface area (TPSA) is 86.8 Å². The second-order valence-electron chi connectivity index (χ2n) is 8.77. The molecule has 1 unspecified atom stereocenters. The zero-order chi connectivity index (χ0) is 27.2. The molecule has 0 heterocycles. The first-order chi connectivity index (χ1) is 17.5. The van der Waals surface area contributed by atoms with Crippen molar-refractivity contribution < 1.29 is 22.4 Å². The van der Waals surface area contributed by atoms with E-state index in [1.165, 1.54) is 47.4 Å². The van der Waals surface area contributed by atoms with Crippen molar-refractivity contribution in [2.24, 2.45) is 0 Å². The Morgan fingerprint density at radius 1 is 0.946 bits per heavy atom. The number of para-hydroxylation sites is 1. The fourth-order valence-electron chi connectivity index (χ4n) is 3.71. The summed E-state index contributed by atoms with van der Waals surface area (Å²) in [5.41, 5.74) is 0.370. The molecule has 0 fully saturated rings. The molecule has 0 aliphatic rings. The van der Waals surface area contributed by atoms with Crippen LogP contribution in [0.2, 0.25) is 5.02 Å². The van der Waals surface area contributed by atoms with Crippen LogP contribution in [0.15, 0.2) is 83.8 Å². The number of anilines is 1. The highest BCUT2D eigenvalue weighted by Gasteiger charge is 2.33. The maximum atomic E-state index is 14.8. The molecule has 0 saturated carbocycles. The van der Waals surface area contributed by atoms with Gasteiger partial charge in [0.25, 0.3) is 10.0 Å². The van der Waals surface area contributed by atoms with E-state index in [0.29, 0.717) is 10.6 Å². The standard InChI is InChI=1S/C27H29ClFN3O4S/c1-19(2)30-27(34)20(3)31(17-21-10-9-11-22(28)16-21)26(33)18-32(25-15-8-7-14-24(25)29)37(35,36)23-12-5-4-6-13-23/h4-16,19-20H,17-18H2,1-3H3,(H,30,34). The quantitative estimate of drug-likeness (QED) is 0.403. The Bertz CT molecular complexity index is 1350. The smallest absolute Gasteiger partial charge is 0.264 e. The van der Waals surface area contributed by atoms with Crippen LogP contribution in [-0.2, 0) is 26.2 Å². The molecule has 3 aromatic carbocycles. The molecule has 3 rings (SSSR count). The number of halogens is 2. The fourth-order valence-corrected chi connectivity index (χ4v) is 5.36. The normalized spacial score (nSPS) is 12.2. The van der Waals surface area contributed by atoms with Gasteiger partial charge in [0.1, 0.15) is 18.4 Å². The fraction of sp³-hybridized carbons (Fsp3) is 0.259. The second kappa shape index (κ2) is 12.2. The summed E-state index contributed by atoms with van der Waals surface area (Å²) in [6, 6.07) is 18.5. The third-order valence-electron chi connectivity index (χ3n) is 5.57. The Kier molecular flexibility index (Phi) is 9.29. The first-order valence-corrected chi connectivity index (χ1v) is 13.5. The van der Waals surface area contributed by atoms with Crippen LogP contribution in [0.25, 0.3) is 0 Å². The van der Waals surface area contributed by atoms with Gasteiger partial charge in [-0.3, -0.25) is 13.9 Å². The molecule has 0 aliphatic heterocycles. The Hall–Kier alpha value is -3.43. The Morgan fingerprint density at radius 3 is 2.22 bits per heavy atom. The molecule has 37 heavy (non-hydrogen) atoms. The average Bonchev–Trinajstić information content (AvgIpc) is 2.86. The number of amides is 2. The zero-order valence-electron chi connectivity index (χ0n) is 20.8. The van der Waals surface area contributed by atoms with Gasteiger partial charge in [0.2, 0.25) is 11.8 Å². The molecule has 3 aromatic rings. The third-order valence-corrected chi connectivity index (χ3v) is 7.58. The number of carbonyl (C=O) groups excluding carboxylic acids is 2.